The number of amides is 1. The van der Waals surface area contributed by atoms with E-state index >= 15 is 0 Å². The Balaban J connectivity index is 2.05. The average molecular weight is 307 g/mol. The minimum atomic E-state index is -1.00. The fourth-order valence-corrected chi connectivity index (χ4v) is 2.72. The summed E-state index contributed by atoms with van der Waals surface area (Å²) >= 11 is 1.37. The van der Waals surface area contributed by atoms with E-state index in [0.717, 1.165) is 4.88 Å². The first-order chi connectivity index (χ1) is 10.1. The van der Waals surface area contributed by atoms with Crippen molar-refractivity contribution in [3.63, 3.8) is 0 Å². The summed E-state index contributed by atoms with van der Waals surface area (Å²) in [5, 5.41) is 13.4. The molecule has 0 radical (unpaired) electrons. The predicted molar refractivity (Wildman–Crippen MR) is 77.6 cm³/mol. The molecule has 0 saturated carbocycles. The second-order valence-electron chi connectivity index (χ2n) is 4.50. The molecule has 0 aliphatic rings. The maximum absolute atomic E-state index is 13.5. The van der Waals surface area contributed by atoms with Crippen molar-refractivity contribution in [1.29, 1.82) is 0 Å². The van der Waals surface area contributed by atoms with E-state index in [2.05, 4.69) is 5.32 Å². The van der Waals surface area contributed by atoms with E-state index in [1.807, 2.05) is 5.38 Å². The highest BCUT2D eigenvalue weighted by Crippen LogP contribution is 2.22. The molecule has 0 spiro atoms. The van der Waals surface area contributed by atoms with Crippen LogP contribution in [0.5, 0.6) is 0 Å². The van der Waals surface area contributed by atoms with Crippen LogP contribution in [0.2, 0.25) is 0 Å². The van der Waals surface area contributed by atoms with Gasteiger partial charge in [-0.25, -0.2) is 4.39 Å². The van der Waals surface area contributed by atoms with E-state index < -0.39 is 23.7 Å². The van der Waals surface area contributed by atoms with Crippen molar-refractivity contribution in [3.05, 3.63) is 58.0 Å². The number of aliphatic carboxylic acids is 1. The largest absolute Gasteiger partial charge is 0.481 e. The normalized spacial score (nSPS) is 11.9. The molecule has 2 N–H and O–H groups in total. The topological polar surface area (TPSA) is 66.4 Å². The van der Waals surface area contributed by atoms with E-state index in [0.29, 0.717) is 0 Å². The van der Waals surface area contributed by atoms with Crippen molar-refractivity contribution in [2.45, 2.75) is 18.9 Å². The van der Waals surface area contributed by atoms with Crippen molar-refractivity contribution < 1.29 is 19.1 Å². The van der Waals surface area contributed by atoms with Crippen LogP contribution in [0.3, 0.4) is 0 Å². The van der Waals surface area contributed by atoms with Gasteiger partial charge in [0.2, 0.25) is 5.91 Å². The number of benzene rings is 1. The van der Waals surface area contributed by atoms with E-state index in [1.54, 1.807) is 24.3 Å². The van der Waals surface area contributed by atoms with Crippen LogP contribution in [0.4, 0.5) is 4.39 Å². The van der Waals surface area contributed by atoms with Gasteiger partial charge in [-0.3, -0.25) is 9.59 Å². The second-order valence-corrected chi connectivity index (χ2v) is 5.48. The van der Waals surface area contributed by atoms with Crippen LogP contribution in [0.25, 0.3) is 0 Å². The summed E-state index contributed by atoms with van der Waals surface area (Å²) in [6.07, 6.45) is -0.322. The number of nitrogens with one attached hydrogen (secondary N) is 1. The molecule has 4 nitrogen and oxygen atoms in total. The Morgan fingerprint density at radius 2 is 2.00 bits per heavy atom. The molecule has 1 heterocycles. The first-order valence-electron chi connectivity index (χ1n) is 6.34. The third-order valence-electron chi connectivity index (χ3n) is 2.91. The Bertz CT molecular complexity index is 628. The van der Waals surface area contributed by atoms with Crippen molar-refractivity contribution >= 4 is 23.2 Å². The fraction of sp³-hybridized carbons (Fsp3) is 0.200. The Morgan fingerprint density at radius 1 is 1.24 bits per heavy atom. The molecule has 0 aliphatic carbocycles. The number of thiophene rings is 1. The van der Waals surface area contributed by atoms with Gasteiger partial charge in [0.05, 0.1) is 18.9 Å². The summed E-state index contributed by atoms with van der Waals surface area (Å²) < 4.78 is 13.5. The molecule has 1 amide bonds. The number of rotatable bonds is 6. The van der Waals surface area contributed by atoms with Gasteiger partial charge in [-0.2, -0.15) is 0 Å². The monoisotopic (exact) mass is 307 g/mol. The quantitative estimate of drug-likeness (QED) is 0.862. The van der Waals surface area contributed by atoms with Crippen molar-refractivity contribution in [2.75, 3.05) is 0 Å². The SMILES string of the molecule is O=C(O)CC(NC(=O)Cc1ccccc1F)c1cccs1. The lowest BCUT2D eigenvalue weighted by Crippen LogP contribution is -2.31. The van der Waals surface area contributed by atoms with E-state index in [-0.39, 0.29) is 18.4 Å². The highest BCUT2D eigenvalue weighted by atomic mass is 32.1. The molecule has 0 fully saturated rings. The van der Waals surface area contributed by atoms with E-state index in [9.17, 15) is 14.0 Å². The zero-order valence-corrected chi connectivity index (χ0v) is 11.9. The van der Waals surface area contributed by atoms with Crippen LogP contribution in [-0.4, -0.2) is 17.0 Å². The molecule has 2 aromatic rings. The van der Waals surface area contributed by atoms with Gasteiger partial charge in [0.25, 0.3) is 0 Å². The molecule has 1 unspecified atom stereocenters. The molecular weight excluding hydrogens is 293 g/mol. The Labute approximate surface area is 125 Å². The van der Waals surface area contributed by atoms with E-state index in [1.165, 1.54) is 23.5 Å². The first-order valence-corrected chi connectivity index (χ1v) is 7.22. The van der Waals surface area contributed by atoms with Crippen LogP contribution in [0.1, 0.15) is 22.9 Å². The third kappa shape index (κ3) is 4.39. The zero-order valence-electron chi connectivity index (χ0n) is 11.1. The smallest absolute Gasteiger partial charge is 0.305 e. The standard InChI is InChI=1S/C15H14FNO3S/c16-11-5-2-1-4-10(11)8-14(18)17-12(9-15(19)20)13-6-3-7-21-13/h1-7,12H,8-9H2,(H,17,18)(H,19,20). The summed E-state index contributed by atoms with van der Waals surface area (Å²) in [5.74, 6) is -1.85. The number of carboxylic acid groups (broad SMARTS) is 1. The van der Waals surface area contributed by atoms with Crippen LogP contribution in [0.15, 0.2) is 41.8 Å². The summed E-state index contributed by atoms with van der Waals surface area (Å²) in [5.41, 5.74) is 0.287. The lowest BCUT2D eigenvalue weighted by atomic mass is 10.1. The zero-order chi connectivity index (χ0) is 15.2. The Hall–Kier alpha value is -2.21. The molecule has 1 atom stereocenters. The van der Waals surface area contributed by atoms with Gasteiger partial charge in [0.1, 0.15) is 5.82 Å². The van der Waals surface area contributed by atoms with Crippen LogP contribution >= 0.6 is 11.3 Å². The highest BCUT2D eigenvalue weighted by molar-refractivity contribution is 7.10. The minimum absolute atomic E-state index is 0.117. The molecule has 1 aromatic carbocycles. The molecule has 1 aromatic heterocycles. The van der Waals surface area contributed by atoms with Crippen LogP contribution in [0, 0.1) is 5.82 Å². The summed E-state index contributed by atoms with van der Waals surface area (Å²) in [4.78, 5) is 23.6. The second kappa shape index (κ2) is 6.99. The van der Waals surface area contributed by atoms with Gasteiger partial charge in [-0.05, 0) is 23.1 Å². The van der Waals surface area contributed by atoms with Gasteiger partial charge in [0, 0.05) is 4.88 Å². The maximum Gasteiger partial charge on any atom is 0.305 e. The van der Waals surface area contributed by atoms with E-state index in [4.69, 9.17) is 5.11 Å². The highest BCUT2D eigenvalue weighted by Gasteiger charge is 2.19. The molecule has 6 heteroatoms. The maximum atomic E-state index is 13.5. The van der Waals surface area contributed by atoms with Gasteiger partial charge >= 0.3 is 5.97 Å². The lowest BCUT2D eigenvalue weighted by Gasteiger charge is -2.15. The number of carbonyl (C=O) groups excluding carboxylic acids is 1. The average Bonchev–Trinajstić information content (AvgIpc) is 2.94. The molecule has 2 rings (SSSR count). The van der Waals surface area contributed by atoms with Gasteiger partial charge in [-0.1, -0.05) is 24.3 Å². The summed E-state index contributed by atoms with van der Waals surface area (Å²) in [6, 6.07) is 8.99. The molecule has 21 heavy (non-hydrogen) atoms. The number of halogens is 1. The van der Waals surface area contributed by atoms with Gasteiger partial charge in [-0.15, -0.1) is 11.3 Å². The first kappa shape index (κ1) is 15.2. The van der Waals surface area contributed by atoms with Gasteiger partial charge < -0.3 is 10.4 Å². The van der Waals surface area contributed by atoms with Crippen LogP contribution < -0.4 is 5.32 Å². The van der Waals surface area contributed by atoms with Crippen molar-refractivity contribution in [3.8, 4) is 0 Å². The number of hydrogen-bond donors (Lipinski definition) is 2. The summed E-state index contributed by atoms with van der Waals surface area (Å²) in [7, 11) is 0. The Morgan fingerprint density at radius 3 is 2.62 bits per heavy atom. The molecule has 0 bridgehead atoms. The fourth-order valence-electron chi connectivity index (χ4n) is 1.95. The predicted octanol–water partition coefficient (Wildman–Crippen LogP) is 2.76. The van der Waals surface area contributed by atoms with Crippen molar-refractivity contribution in [1.82, 2.24) is 5.32 Å². The van der Waals surface area contributed by atoms with Crippen LogP contribution in [-0.2, 0) is 16.0 Å². The third-order valence-corrected chi connectivity index (χ3v) is 3.90. The molecular formula is C15H14FNO3S. The number of hydrogen-bond acceptors (Lipinski definition) is 3. The minimum Gasteiger partial charge on any atom is -0.481 e. The number of carbonyl (C=O) groups is 2. The molecule has 0 saturated heterocycles. The summed E-state index contributed by atoms with van der Waals surface area (Å²) in [6.45, 7) is 0. The molecule has 0 aliphatic heterocycles. The van der Waals surface area contributed by atoms with Gasteiger partial charge in [0.15, 0.2) is 0 Å². The molecule has 110 valence electrons. The van der Waals surface area contributed by atoms with Crippen molar-refractivity contribution in [2.24, 2.45) is 0 Å². The Kier molecular flexibility index (Phi) is 5.05. The lowest BCUT2D eigenvalue weighted by molar-refractivity contribution is -0.137. The number of carboxylic acids is 1.